The van der Waals surface area contributed by atoms with Gasteiger partial charge in [-0.3, -0.25) is 4.79 Å². The molecule has 2 heterocycles. The van der Waals surface area contributed by atoms with E-state index in [9.17, 15) is 4.79 Å². The third-order valence-electron chi connectivity index (χ3n) is 4.01. The normalized spacial score (nSPS) is 16.2. The molecule has 2 aromatic rings. The summed E-state index contributed by atoms with van der Waals surface area (Å²) >= 11 is 6.37. The summed E-state index contributed by atoms with van der Waals surface area (Å²) < 4.78 is 2.77. The molecule has 1 aromatic carbocycles. The number of aryl methyl sites for hydroxylation is 2. The van der Waals surface area contributed by atoms with Gasteiger partial charge in [0.05, 0.1) is 4.91 Å². The van der Waals surface area contributed by atoms with Gasteiger partial charge in [0.2, 0.25) is 0 Å². The fourth-order valence-corrected chi connectivity index (χ4v) is 3.93. The second-order valence-corrected chi connectivity index (χ2v) is 7.22. The molecule has 0 spiro atoms. The van der Waals surface area contributed by atoms with Crippen LogP contribution < -0.4 is 5.32 Å². The number of carbonyl (C=O) groups excluding carboxylic acids is 1. The van der Waals surface area contributed by atoms with Gasteiger partial charge < -0.3 is 9.88 Å². The van der Waals surface area contributed by atoms with Crippen molar-refractivity contribution in [3.63, 3.8) is 0 Å². The minimum absolute atomic E-state index is 0.112. The van der Waals surface area contributed by atoms with E-state index >= 15 is 0 Å². The molecule has 0 aliphatic carbocycles. The molecule has 0 atom stereocenters. The summed E-state index contributed by atoms with van der Waals surface area (Å²) in [5, 5.41) is 2.66. The molecule has 1 saturated heterocycles. The molecule has 0 radical (unpaired) electrons. The molecule has 3 nitrogen and oxygen atoms in total. The molecule has 0 saturated carbocycles. The van der Waals surface area contributed by atoms with Crippen molar-refractivity contribution in [3.05, 3.63) is 57.8 Å². The summed E-state index contributed by atoms with van der Waals surface area (Å²) in [6.07, 6.45) is 2.91. The zero-order valence-corrected chi connectivity index (χ0v) is 15.0. The van der Waals surface area contributed by atoms with E-state index in [1.54, 1.807) is 0 Å². The quantitative estimate of drug-likeness (QED) is 0.672. The number of aromatic nitrogens is 1. The molecule has 1 aromatic heterocycles. The number of rotatable bonds is 3. The average molecular weight is 342 g/mol. The maximum atomic E-state index is 11.9. The molecule has 1 N–H and O–H groups in total. The van der Waals surface area contributed by atoms with E-state index in [1.807, 2.05) is 6.08 Å². The minimum atomic E-state index is -0.112. The van der Waals surface area contributed by atoms with Crippen LogP contribution in [0.4, 0.5) is 0 Å². The van der Waals surface area contributed by atoms with E-state index in [0.29, 0.717) is 9.23 Å². The number of benzene rings is 1. The number of thioether (sulfide) groups is 1. The van der Waals surface area contributed by atoms with Crippen LogP contribution in [0.25, 0.3) is 11.8 Å². The molecule has 1 amide bonds. The molecule has 1 fully saturated rings. The van der Waals surface area contributed by atoms with Gasteiger partial charge in [0.1, 0.15) is 4.32 Å². The van der Waals surface area contributed by atoms with E-state index in [-0.39, 0.29) is 5.91 Å². The molecule has 0 unspecified atom stereocenters. The van der Waals surface area contributed by atoms with Gasteiger partial charge in [0.15, 0.2) is 0 Å². The number of para-hydroxylation sites is 1. The van der Waals surface area contributed by atoms with Gasteiger partial charge >= 0.3 is 0 Å². The van der Waals surface area contributed by atoms with Crippen molar-refractivity contribution in [3.8, 4) is 5.69 Å². The van der Waals surface area contributed by atoms with Crippen molar-refractivity contribution >= 4 is 40.3 Å². The Morgan fingerprint density at radius 3 is 2.70 bits per heavy atom. The molecular weight excluding hydrogens is 324 g/mol. The highest BCUT2D eigenvalue weighted by atomic mass is 32.2. The SMILES string of the molecule is CCc1ccccc1-n1c(C)cc(/C=C2/SC(=S)NC2=O)c1C. The lowest BCUT2D eigenvalue weighted by Crippen LogP contribution is -2.17. The van der Waals surface area contributed by atoms with Crippen LogP contribution in [-0.2, 0) is 11.2 Å². The van der Waals surface area contributed by atoms with Crippen molar-refractivity contribution in [1.82, 2.24) is 9.88 Å². The lowest BCUT2D eigenvalue weighted by atomic mass is 10.1. The third-order valence-corrected chi connectivity index (χ3v) is 5.18. The van der Waals surface area contributed by atoms with E-state index in [1.165, 1.54) is 23.0 Å². The third kappa shape index (κ3) is 2.99. The van der Waals surface area contributed by atoms with Crippen LogP contribution in [0.3, 0.4) is 0 Å². The van der Waals surface area contributed by atoms with E-state index in [0.717, 1.165) is 23.4 Å². The van der Waals surface area contributed by atoms with Crippen LogP contribution in [0.2, 0.25) is 0 Å². The molecule has 23 heavy (non-hydrogen) atoms. The molecule has 5 heteroatoms. The Morgan fingerprint density at radius 2 is 2.04 bits per heavy atom. The molecule has 1 aliphatic rings. The van der Waals surface area contributed by atoms with Gasteiger partial charge in [-0.15, -0.1) is 0 Å². The Bertz CT molecular complexity index is 834. The number of amides is 1. The standard InChI is InChI=1S/C18H18N2OS2/c1-4-13-7-5-6-8-15(13)20-11(2)9-14(12(20)3)10-16-17(21)19-18(22)23-16/h5-10H,4H2,1-3H3,(H,19,21,22)/b16-10+. The van der Waals surface area contributed by atoms with Gasteiger partial charge in [-0.2, -0.15) is 0 Å². The molecule has 118 valence electrons. The minimum Gasteiger partial charge on any atom is -0.318 e. The monoisotopic (exact) mass is 342 g/mol. The molecule has 3 rings (SSSR count). The first-order valence-corrected chi connectivity index (χ1v) is 8.75. The number of carbonyl (C=O) groups is 1. The lowest BCUT2D eigenvalue weighted by molar-refractivity contribution is -0.115. The zero-order valence-electron chi connectivity index (χ0n) is 13.3. The van der Waals surface area contributed by atoms with E-state index in [4.69, 9.17) is 12.2 Å². The Balaban J connectivity index is 2.09. The predicted molar refractivity (Wildman–Crippen MR) is 101 cm³/mol. The Kier molecular flexibility index (Phi) is 4.41. The number of hydrogen-bond acceptors (Lipinski definition) is 3. The van der Waals surface area contributed by atoms with Crippen LogP contribution in [0.1, 0.15) is 29.4 Å². The number of thiocarbonyl (C=S) groups is 1. The van der Waals surface area contributed by atoms with Gasteiger partial charge in [0.25, 0.3) is 5.91 Å². The van der Waals surface area contributed by atoms with Crippen molar-refractivity contribution in [2.24, 2.45) is 0 Å². The molecule has 1 aliphatic heterocycles. The first-order chi connectivity index (χ1) is 11.0. The Labute approximate surface area is 145 Å². The number of nitrogens with one attached hydrogen (secondary N) is 1. The zero-order chi connectivity index (χ0) is 16.6. The Hall–Kier alpha value is -1.85. The van der Waals surface area contributed by atoms with Crippen LogP contribution in [0, 0.1) is 13.8 Å². The lowest BCUT2D eigenvalue weighted by Gasteiger charge is -2.13. The second-order valence-electron chi connectivity index (χ2n) is 5.50. The summed E-state index contributed by atoms with van der Waals surface area (Å²) in [5.74, 6) is -0.112. The van der Waals surface area contributed by atoms with Crippen molar-refractivity contribution in [1.29, 1.82) is 0 Å². The highest BCUT2D eigenvalue weighted by molar-refractivity contribution is 8.26. The van der Waals surface area contributed by atoms with Crippen LogP contribution in [0.5, 0.6) is 0 Å². The maximum absolute atomic E-state index is 11.9. The van der Waals surface area contributed by atoms with E-state index < -0.39 is 0 Å². The van der Waals surface area contributed by atoms with Crippen molar-refractivity contribution in [2.75, 3.05) is 0 Å². The largest absolute Gasteiger partial charge is 0.318 e. The van der Waals surface area contributed by atoms with Crippen LogP contribution >= 0.6 is 24.0 Å². The highest BCUT2D eigenvalue weighted by Gasteiger charge is 2.23. The second kappa shape index (κ2) is 6.34. The predicted octanol–water partition coefficient (Wildman–Crippen LogP) is 4.15. The van der Waals surface area contributed by atoms with Gasteiger partial charge in [-0.25, -0.2) is 0 Å². The summed E-state index contributed by atoms with van der Waals surface area (Å²) in [6, 6.07) is 10.5. The molecular formula is C18H18N2OS2. The summed E-state index contributed by atoms with van der Waals surface area (Å²) in [7, 11) is 0. The first-order valence-electron chi connectivity index (χ1n) is 7.53. The van der Waals surface area contributed by atoms with Gasteiger partial charge in [0, 0.05) is 17.1 Å². The topological polar surface area (TPSA) is 34.0 Å². The van der Waals surface area contributed by atoms with Crippen molar-refractivity contribution in [2.45, 2.75) is 27.2 Å². The smallest absolute Gasteiger partial charge is 0.263 e. The van der Waals surface area contributed by atoms with Crippen LogP contribution in [-0.4, -0.2) is 14.8 Å². The van der Waals surface area contributed by atoms with Crippen molar-refractivity contribution < 1.29 is 4.79 Å². The first kappa shape index (κ1) is 16.0. The summed E-state index contributed by atoms with van der Waals surface area (Å²) in [6.45, 7) is 6.34. The van der Waals surface area contributed by atoms with Gasteiger partial charge in [-0.05, 0) is 49.6 Å². The number of nitrogens with zero attached hydrogens (tertiary/aromatic N) is 1. The molecule has 0 bridgehead atoms. The van der Waals surface area contributed by atoms with Crippen LogP contribution in [0.15, 0.2) is 35.2 Å². The Morgan fingerprint density at radius 1 is 1.30 bits per heavy atom. The fraction of sp³-hybridized carbons (Fsp3) is 0.222. The highest BCUT2D eigenvalue weighted by Crippen LogP contribution is 2.30. The number of hydrogen-bond donors (Lipinski definition) is 1. The average Bonchev–Trinajstić information content (AvgIpc) is 2.98. The summed E-state index contributed by atoms with van der Waals surface area (Å²) in [4.78, 5) is 12.5. The van der Waals surface area contributed by atoms with E-state index in [2.05, 4.69) is 61.0 Å². The van der Waals surface area contributed by atoms with Gasteiger partial charge in [-0.1, -0.05) is 49.1 Å². The summed E-state index contributed by atoms with van der Waals surface area (Å²) in [5.41, 5.74) is 5.84. The fourth-order valence-electron chi connectivity index (χ4n) is 2.89. The maximum Gasteiger partial charge on any atom is 0.263 e.